The van der Waals surface area contributed by atoms with Crippen molar-refractivity contribution in [2.24, 2.45) is 0 Å². The molecule has 8 heteroatoms. The summed E-state index contributed by atoms with van der Waals surface area (Å²) < 4.78 is 16.7. The fraction of sp³-hybridized carbons (Fsp3) is 0.174. The molecule has 0 aliphatic carbocycles. The van der Waals surface area contributed by atoms with Gasteiger partial charge in [-0.25, -0.2) is 4.98 Å². The van der Waals surface area contributed by atoms with Crippen molar-refractivity contribution in [2.45, 2.75) is 13.0 Å². The molecular formula is C23H18N2O5S. The summed E-state index contributed by atoms with van der Waals surface area (Å²) in [5, 5.41) is 2.68. The Morgan fingerprint density at radius 2 is 1.90 bits per heavy atom. The molecule has 7 nitrogen and oxygen atoms in total. The van der Waals surface area contributed by atoms with Crippen LogP contribution in [-0.2, 0) is 0 Å². The summed E-state index contributed by atoms with van der Waals surface area (Å²) in [6.45, 7) is 2.46. The number of anilines is 1. The summed E-state index contributed by atoms with van der Waals surface area (Å²) in [7, 11) is 1.53. The van der Waals surface area contributed by atoms with Gasteiger partial charge in [-0.2, -0.15) is 0 Å². The molecule has 0 bridgehead atoms. The van der Waals surface area contributed by atoms with Crippen LogP contribution >= 0.6 is 11.3 Å². The lowest BCUT2D eigenvalue weighted by molar-refractivity contribution is 0.0971. The van der Waals surface area contributed by atoms with Gasteiger partial charge >= 0.3 is 0 Å². The normalized spacial score (nSPS) is 15.4. The number of ether oxygens (including phenoxy) is 2. The third kappa shape index (κ3) is 3.07. The van der Waals surface area contributed by atoms with Gasteiger partial charge in [-0.05, 0) is 36.8 Å². The topological polar surface area (TPSA) is 81.9 Å². The highest BCUT2D eigenvalue weighted by Crippen LogP contribution is 2.42. The minimum Gasteiger partial charge on any atom is -0.497 e. The largest absolute Gasteiger partial charge is 0.497 e. The molecule has 5 rings (SSSR count). The molecule has 156 valence electrons. The van der Waals surface area contributed by atoms with Crippen molar-refractivity contribution < 1.29 is 18.7 Å². The van der Waals surface area contributed by atoms with Crippen LogP contribution in [0.3, 0.4) is 0 Å². The van der Waals surface area contributed by atoms with Gasteiger partial charge in [0.25, 0.3) is 5.91 Å². The molecule has 0 spiro atoms. The van der Waals surface area contributed by atoms with Crippen molar-refractivity contribution in [3.63, 3.8) is 0 Å². The van der Waals surface area contributed by atoms with E-state index in [1.54, 1.807) is 29.8 Å². The number of nitrogens with zero attached hydrogens (tertiary/aromatic N) is 2. The number of thiazole rings is 1. The number of rotatable bonds is 5. The second kappa shape index (κ2) is 7.55. The van der Waals surface area contributed by atoms with E-state index in [0.29, 0.717) is 39.8 Å². The van der Waals surface area contributed by atoms with E-state index in [1.165, 1.54) is 23.3 Å². The summed E-state index contributed by atoms with van der Waals surface area (Å²) in [5.41, 5.74) is 1.14. The van der Waals surface area contributed by atoms with Gasteiger partial charge in [0.15, 0.2) is 10.6 Å². The van der Waals surface area contributed by atoms with E-state index in [0.717, 1.165) is 5.56 Å². The van der Waals surface area contributed by atoms with E-state index in [2.05, 4.69) is 4.98 Å². The van der Waals surface area contributed by atoms with Crippen LogP contribution in [0.15, 0.2) is 63.3 Å². The minimum absolute atomic E-state index is 0.0276. The molecule has 0 N–H and O–H groups in total. The van der Waals surface area contributed by atoms with Crippen LogP contribution in [0.5, 0.6) is 11.5 Å². The maximum Gasteiger partial charge on any atom is 0.297 e. The Balaban J connectivity index is 1.74. The molecule has 0 saturated carbocycles. The first-order valence-electron chi connectivity index (χ1n) is 9.73. The Labute approximate surface area is 181 Å². The quantitative estimate of drug-likeness (QED) is 0.463. The fourth-order valence-electron chi connectivity index (χ4n) is 3.84. The molecule has 4 aromatic rings. The van der Waals surface area contributed by atoms with Gasteiger partial charge in [-0.1, -0.05) is 12.1 Å². The Hall–Kier alpha value is -3.65. The molecule has 0 radical (unpaired) electrons. The maximum atomic E-state index is 13.5. The lowest BCUT2D eigenvalue weighted by Crippen LogP contribution is -2.29. The standard InChI is InChI=1S/C23H18N2O5S/c1-3-29-14-6-4-13(5-7-14)19-18-20(26)16-9-8-15(28-2)12-17(16)30-21(18)22(27)25(19)23-24-10-11-31-23/h4-12,19H,3H2,1-2H3. The van der Waals surface area contributed by atoms with E-state index < -0.39 is 11.9 Å². The van der Waals surface area contributed by atoms with Crippen LogP contribution in [0.2, 0.25) is 0 Å². The Morgan fingerprint density at radius 3 is 2.58 bits per heavy atom. The molecule has 0 fully saturated rings. The van der Waals surface area contributed by atoms with Crippen LogP contribution in [-0.4, -0.2) is 24.6 Å². The number of hydrogen-bond donors (Lipinski definition) is 0. The zero-order valence-electron chi connectivity index (χ0n) is 16.8. The van der Waals surface area contributed by atoms with Gasteiger partial charge in [0, 0.05) is 17.6 Å². The third-order valence-electron chi connectivity index (χ3n) is 5.21. The van der Waals surface area contributed by atoms with Crippen LogP contribution in [0, 0.1) is 0 Å². The predicted molar refractivity (Wildman–Crippen MR) is 117 cm³/mol. The molecule has 2 aromatic carbocycles. The number of hydrogen-bond acceptors (Lipinski definition) is 7. The summed E-state index contributed by atoms with van der Waals surface area (Å²) in [6.07, 6.45) is 1.63. The summed E-state index contributed by atoms with van der Waals surface area (Å²) in [5.74, 6) is 0.889. The lowest BCUT2D eigenvalue weighted by Gasteiger charge is -2.22. The van der Waals surface area contributed by atoms with E-state index in [1.807, 2.05) is 31.2 Å². The maximum absolute atomic E-state index is 13.5. The molecule has 1 aliphatic heterocycles. The van der Waals surface area contributed by atoms with Crippen molar-refractivity contribution >= 4 is 33.3 Å². The summed E-state index contributed by atoms with van der Waals surface area (Å²) in [6, 6.07) is 11.7. The zero-order valence-corrected chi connectivity index (χ0v) is 17.6. The zero-order chi connectivity index (χ0) is 21.5. The van der Waals surface area contributed by atoms with E-state index in [4.69, 9.17) is 13.9 Å². The van der Waals surface area contributed by atoms with Gasteiger partial charge in [0.05, 0.1) is 30.7 Å². The smallest absolute Gasteiger partial charge is 0.297 e. The van der Waals surface area contributed by atoms with E-state index >= 15 is 0 Å². The van der Waals surface area contributed by atoms with Crippen molar-refractivity contribution in [1.29, 1.82) is 0 Å². The molecule has 3 heterocycles. The number of aromatic nitrogens is 1. The van der Waals surface area contributed by atoms with Gasteiger partial charge < -0.3 is 13.9 Å². The highest BCUT2D eigenvalue weighted by Gasteiger charge is 2.44. The number of benzene rings is 2. The average Bonchev–Trinajstić information content (AvgIpc) is 3.41. The highest BCUT2D eigenvalue weighted by molar-refractivity contribution is 7.13. The molecular weight excluding hydrogens is 416 g/mol. The minimum atomic E-state index is -0.646. The van der Waals surface area contributed by atoms with Gasteiger partial charge in [0.1, 0.15) is 17.1 Å². The van der Waals surface area contributed by atoms with Crippen LogP contribution in [0.1, 0.15) is 34.6 Å². The lowest BCUT2D eigenvalue weighted by atomic mass is 9.98. The summed E-state index contributed by atoms with van der Waals surface area (Å²) >= 11 is 1.33. The number of amides is 1. The molecule has 31 heavy (non-hydrogen) atoms. The second-order valence-corrected chi connectivity index (χ2v) is 7.80. The second-order valence-electron chi connectivity index (χ2n) is 6.93. The van der Waals surface area contributed by atoms with Crippen LogP contribution < -0.4 is 19.8 Å². The first kappa shape index (κ1) is 19.3. The first-order chi connectivity index (χ1) is 15.1. The van der Waals surface area contributed by atoms with E-state index in [-0.39, 0.29) is 11.2 Å². The molecule has 0 saturated heterocycles. The van der Waals surface area contributed by atoms with Gasteiger partial charge in [-0.15, -0.1) is 11.3 Å². The van der Waals surface area contributed by atoms with Crippen LogP contribution in [0.25, 0.3) is 11.0 Å². The van der Waals surface area contributed by atoms with Crippen molar-refractivity contribution in [1.82, 2.24) is 4.98 Å². The third-order valence-corrected chi connectivity index (χ3v) is 5.98. The Kier molecular flexibility index (Phi) is 4.71. The van der Waals surface area contributed by atoms with E-state index in [9.17, 15) is 9.59 Å². The molecule has 1 atom stereocenters. The van der Waals surface area contributed by atoms with Crippen molar-refractivity contribution in [2.75, 3.05) is 18.6 Å². The monoisotopic (exact) mass is 434 g/mol. The highest BCUT2D eigenvalue weighted by atomic mass is 32.1. The fourth-order valence-corrected chi connectivity index (χ4v) is 4.51. The Bertz CT molecular complexity index is 1330. The van der Waals surface area contributed by atoms with Crippen LogP contribution in [0.4, 0.5) is 5.13 Å². The SMILES string of the molecule is CCOc1ccc(C2c3c(oc4cc(OC)ccc4c3=O)C(=O)N2c2nccs2)cc1. The van der Waals surface area contributed by atoms with Crippen molar-refractivity contribution in [3.8, 4) is 11.5 Å². The number of carbonyl (C=O) groups is 1. The molecule has 1 aliphatic rings. The average molecular weight is 434 g/mol. The first-order valence-corrected chi connectivity index (χ1v) is 10.6. The summed E-state index contributed by atoms with van der Waals surface area (Å²) in [4.78, 5) is 32.8. The van der Waals surface area contributed by atoms with Gasteiger partial charge in [-0.3, -0.25) is 14.5 Å². The predicted octanol–water partition coefficient (Wildman–Crippen LogP) is 4.41. The molecule has 2 aromatic heterocycles. The number of carbonyl (C=O) groups excluding carboxylic acids is 1. The van der Waals surface area contributed by atoms with Gasteiger partial charge in [0.2, 0.25) is 5.76 Å². The molecule has 1 unspecified atom stereocenters. The number of methoxy groups -OCH3 is 1. The Morgan fingerprint density at radius 1 is 1.13 bits per heavy atom. The van der Waals surface area contributed by atoms with Crippen molar-refractivity contribution in [3.05, 3.63) is 81.2 Å². The molecule has 1 amide bonds. The number of fused-ring (bicyclic) bond motifs is 2.